The van der Waals surface area contributed by atoms with Crippen LogP contribution in [0.3, 0.4) is 0 Å². The molecule has 0 aliphatic carbocycles. The SMILES string of the molecule is CCc1cccc2c(=O)c3cc(C)c(C)c(C)c3oc12.O=C[O-].[Na+]. The Morgan fingerprint density at radius 2 is 1.71 bits per heavy atom. The predicted molar refractivity (Wildman–Crippen MR) is 89.6 cm³/mol. The third-order valence-electron chi connectivity index (χ3n) is 4.27. The van der Waals surface area contributed by atoms with Crippen molar-refractivity contribution in [3.05, 3.63) is 56.7 Å². The van der Waals surface area contributed by atoms with Gasteiger partial charge in [-0.15, -0.1) is 0 Å². The van der Waals surface area contributed by atoms with Gasteiger partial charge in [0, 0.05) is 6.47 Å². The molecule has 0 saturated heterocycles. The molecule has 4 nitrogen and oxygen atoms in total. The molecule has 0 aliphatic rings. The molecule has 0 atom stereocenters. The first kappa shape index (κ1) is 20.4. The molecule has 2 aromatic carbocycles. The van der Waals surface area contributed by atoms with Crippen LogP contribution >= 0.6 is 0 Å². The number of hydrogen-bond acceptors (Lipinski definition) is 4. The van der Waals surface area contributed by atoms with Crippen LogP contribution in [0.1, 0.15) is 29.2 Å². The summed E-state index contributed by atoms with van der Waals surface area (Å²) in [7, 11) is 0. The molecular weight excluding hydrogens is 315 g/mol. The summed E-state index contributed by atoms with van der Waals surface area (Å²) < 4.78 is 6.12. The van der Waals surface area contributed by atoms with E-state index >= 15 is 0 Å². The first-order valence-electron chi connectivity index (χ1n) is 7.47. The van der Waals surface area contributed by atoms with Crippen molar-refractivity contribution >= 4 is 28.4 Å². The van der Waals surface area contributed by atoms with Gasteiger partial charge in [-0.1, -0.05) is 19.1 Å². The number of rotatable bonds is 1. The molecule has 0 saturated carbocycles. The maximum Gasteiger partial charge on any atom is 1.00 e. The van der Waals surface area contributed by atoms with Gasteiger partial charge >= 0.3 is 29.6 Å². The third-order valence-corrected chi connectivity index (χ3v) is 4.27. The molecule has 3 rings (SSSR count). The Morgan fingerprint density at radius 3 is 2.29 bits per heavy atom. The van der Waals surface area contributed by atoms with Crippen LogP contribution in [0.2, 0.25) is 0 Å². The van der Waals surface area contributed by atoms with Crippen LogP contribution in [0.25, 0.3) is 21.9 Å². The quantitative estimate of drug-likeness (QED) is 0.351. The summed E-state index contributed by atoms with van der Waals surface area (Å²) in [6, 6.07) is 7.75. The predicted octanol–water partition coefficient (Wildman–Crippen LogP) is -0.196. The molecule has 0 aliphatic heterocycles. The minimum Gasteiger partial charge on any atom is -0.554 e. The maximum absolute atomic E-state index is 12.7. The van der Waals surface area contributed by atoms with Crippen molar-refractivity contribution in [1.29, 1.82) is 0 Å². The van der Waals surface area contributed by atoms with Gasteiger partial charge in [-0.25, -0.2) is 0 Å². The largest absolute Gasteiger partial charge is 1.00 e. The number of carbonyl (C=O) groups is 1. The first-order chi connectivity index (χ1) is 11.0. The minimum absolute atomic E-state index is 0. The molecule has 0 bridgehead atoms. The van der Waals surface area contributed by atoms with Crippen LogP contribution in [0.4, 0.5) is 0 Å². The molecule has 5 heteroatoms. The Bertz CT molecular complexity index is 942. The molecule has 3 aromatic rings. The first-order valence-corrected chi connectivity index (χ1v) is 7.47. The Morgan fingerprint density at radius 1 is 1.08 bits per heavy atom. The Kier molecular flexibility index (Phi) is 7.21. The number of carbonyl (C=O) groups excluding carboxylic acids is 1. The van der Waals surface area contributed by atoms with Crippen LogP contribution in [0, 0.1) is 20.8 Å². The Balaban J connectivity index is 0.000000671. The number of aryl methyl sites for hydroxylation is 3. The van der Waals surface area contributed by atoms with Crippen LogP contribution in [-0.2, 0) is 11.2 Å². The van der Waals surface area contributed by atoms with Crippen molar-refractivity contribution in [1.82, 2.24) is 0 Å². The van der Waals surface area contributed by atoms with Crippen molar-refractivity contribution in [2.75, 3.05) is 0 Å². The molecule has 0 radical (unpaired) electrons. The van der Waals surface area contributed by atoms with E-state index in [2.05, 4.69) is 13.8 Å². The second-order valence-electron chi connectivity index (χ2n) is 5.49. The summed E-state index contributed by atoms with van der Waals surface area (Å²) in [6.07, 6.45) is 0.857. The van der Waals surface area contributed by atoms with Crippen LogP contribution in [-0.4, -0.2) is 6.47 Å². The van der Waals surface area contributed by atoms with E-state index in [-0.39, 0.29) is 35.0 Å². The summed E-state index contributed by atoms with van der Waals surface area (Å²) >= 11 is 0. The van der Waals surface area contributed by atoms with Crippen molar-refractivity contribution in [3.8, 4) is 0 Å². The number of hydrogen-bond donors (Lipinski definition) is 0. The van der Waals surface area contributed by atoms with Gasteiger partial charge in [-0.05, 0) is 61.6 Å². The van der Waals surface area contributed by atoms with E-state index in [0.29, 0.717) is 10.8 Å². The van der Waals surface area contributed by atoms with Crippen molar-refractivity contribution in [2.24, 2.45) is 0 Å². The van der Waals surface area contributed by atoms with E-state index in [9.17, 15) is 4.79 Å². The fraction of sp³-hybridized carbons (Fsp3) is 0.263. The van der Waals surface area contributed by atoms with Crippen LogP contribution in [0.15, 0.2) is 33.5 Å². The zero-order valence-electron chi connectivity index (χ0n) is 14.7. The molecule has 0 amide bonds. The van der Waals surface area contributed by atoms with Gasteiger partial charge in [0.05, 0.1) is 10.8 Å². The second kappa shape index (κ2) is 8.47. The Labute approximate surface area is 162 Å². The fourth-order valence-corrected chi connectivity index (χ4v) is 2.77. The van der Waals surface area contributed by atoms with E-state index < -0.39 is 6.47 Å². The molecule has 24 heavy (non-hydrogen) atoms. The molecule has 1 aromatic heterocycles. The molecule has 1 heterocycles. The Hall–Kier alpha value is -1.62. The van der Waals surface area contributed by atoms with E-state index in [0.717, 1.165) is 34.3 Å². The van der Waals surface area contributed by atoms with Gasteiger partial charge in [-0.2, -0.15) is 0 Å². The zero-order valence-corrected chi connectivity index (χ0v) is 16.7. The summed E-state index contributed by atoms with van der Waals surface area (Å²) in [6.45, 7) is 7.70. The average Bonchev–Trinajstić information content (AvgIpc) is 2.54. The molecule has 0 unspecified atom stereocenters. The second-order valence-corrected chi connectivity index (χ2v) is 5.49. The summed E-state index contributed by atoms with van der Waals surface area (Å²) in [5.41, 5.74) is 6.00. The number of para-hydroxylation sites is 1. The van der Waals surface area contributed by atoms with Crippen LogP contribution < -0.4 is 40.1 Å². The standard InChI is InChI=1S/C18H18O2.CH2O2.Na/c1-5-13-7-6-8-14-16(19)15-9-10(2)11(3)12(4)17(15)20-18(13)14;2-1-3;/h6-9H,5H2,1-4H3;1H,(H,2,3);/q;;+1/p-1. The van der Waals surface area contributed by atoms with Gasteiger partial charge in [0.25, 0.3) is 0 Å². The molecule has 120 valence electrons. The third kappa shape index (κ3) is 3.56. The molecular formula is C19H19NaO4. The topological polar surface area (TPSA) is 70.3 Å². The van der Waals surface area contributed by atoms with Gasteiger partial charge in [0.2, 0.25) is 5.43 Å². The number of carboxylic acid groups (broad SMARTS) is 1. The van der Waals surface area contributed by atoms with Gasteiger partial charge < -0.3 is 14.3 Å². The van der Waals surface area contributed by atoms with Gasteiger partial charge in [-0.3, -0.25) is 4.79 Å². The summed E-state index contributed by atoms with van der Waals surface area (Å²) in [4.78, 5) is 21.0. The summed E-state index contributed by atoms with van der Waals surface area (Å²) in [5, 5.41) is 9.62. The number of fused-ring (bicyclic) bond motifs is 2. The normalized spacial score (nSPS) is 10.0. The van der Waals surface area contributed by atoms with E-state index in [1.54, 1.807) is 0 Å². The van der Waals surface area contributed by atoms with Gasteiger partial charge in [0.15, 0.2) is 0 Å². The molecule has 0 fully saturated rings. The monoisotopic (exact) mass is 334 g/mol. The number of benzene rings is 2. The molecule has 0 spiro atoms. The maximum atomic E-state index is 12.7. The summed E-state index contributed by atoms with van der Waals surface area (Å²) in [5.74, 6) is 0. The van der Waals surface area contributed by atoms with Crippen molar-refractivity contribution in [3.63, 3.8) is 0 Å². The van der Waals surface area contributed by atoms with E-state index in [1.807, 2.05) is 38.1 Å². The van der Waals surface area contributed by atoms with Crippen molar-refractivity contribution < 1.29 is 43.9 Å². The molecule has 0 N–H and O–H groups in total. The van der Waals surface area contributed by atoms with Crippen molar-refractivity contribution in [2.45, 2.75) is 34.1 Å². The zero-order chi connectivity index (χ0) is 17.1. The van der Waals surface area contributed by atoms with E-state index in [4.69, 9.17) is 14.3 Å². The smallest absolute Gasteiger partial charge is 0.554 e. The van der Waals surface area contributed by atoms with E-state index in [1.165, 1.54) is 5.56 Å². The minimum atomic E-state index is -0.500. The van der Waals surface area contributed by atoms with Gasteiger partial charge in [0.1, 0.15) is 11.2 Å². The van der Waals surface area contributed by atoms with Crippen LogP contribution in [0.5, 0.6) is 0 Å². The average molecular weight is 334 g/mol. The fourth-order valence-electron chi connectivity index (χ4n) is 2.77.